The average molecular weight is 196 g/mol. The van der Waals surface area contributed by atoms with E-state index in [4.69, 9.17) is 4.74 Å². The summed E-state index contributed by atoms with van der Waals surface area (Å²) >= 11 is 0. The number of methoxy groups -OCH3 is 1. The van der Waals surface area contributed by atoms with E-state index in [9.17, 15) is 0 Å². The van der Waals surface area contributed by atoms with Gasteiger partial charge in [-0.25, -0.2) is 0 Å². The van der Waals surface area contributed by atoms with Crippen molar-refractivity contribution in [1.29, 1.82) is 0 Å². The van der Waals surface area contributed by atoms with Crippen LogP contribution in [0.15, 0.2) is 24.1 Å². The summed E-state index contributed by atoms with van der Waals surface area (Å²) in [6, 6.07) is 0. The van der Waals surface area contributed by atoms with Crippen LogP contribution in [0.4, 0.5) is 0 Å². The van der Waals surface area contributed by atoms with Crippen LogP contribution in [0.5, 0.6) is 0 Å². The van der Waals surface area contributed by atoms with Gasteiger partial charge in [-0.1, -0.05) is 0 Å². The van der Waals surface area contributed by atoms with Crippen LogP contribution in [0.1, 0.15) is 6.42 Å². The van der Waals surface area contributed by atoms with Gasteiger partial charge in [0.1, 0.15) is 5.76 Å². The van der Waals surface area contributed by atoms with Gasteiger partial charge in [0, 0.05) is 19.3 Å². The van der Waals surface area contributed by atoms with Crippen LogP contribution in [0.3, 0.4) is 0 Å². The second-order valence-corrected chi connectivity index (χ2v) is 3.78. The van der Waals surface area contributed by atoms with Gasteiger partial charge in [0.25, 0.3) is 0 Å². The molecule has 1 aliphatic rings. The number of nitrogens with zero attached hydrogens (tertiary/aromatic N) is 2. The fourth-order valence-electron chi connectivity index (χ4n) is 1.42. The van der Waals surface area contributed by atoms with Crippen molar-refractivity contribution in [2.45, 2.75) is 6.42 Å². The van der Waals surface area contributed by atoms with Crippen LogP contribution in [-0.2, 0) is 4.74 Å². The Labute approximate surface area is 86.6 Å². The first-order valence-electron chi connectivity index (χ1n) is 5.03. The van der Waals surface area contributed by atoms with Crippen molar-refractivity contribution in [3.8, 4) is 0 Å². The molecular weight excluding hydrogens is 176 g/mol. The van der Waals surface area contributed by atoms with Crippen molar-refractivity contribution >= 4 is 0 Å². The second-order valence-electron chi connectivity index (χ2n) is 3.78. The summed E-state index contributed by atoms with van der Waals surface area (Å²) in [6.45, 7) is 3.22. The predicted octanol–water partition coefficient (Wildman–Crippen LogP) is 1.30. The van der Waals surface area contributed by atoms with Gasteiger partial charge in [-0.2, -0.15) is 0 Å². The van der Waals surface area contributed by atoms with Crippen LogP contribution in [0.2, 0.25) is 0 Å². The lowest BCUT2D eigenvalue weighted by atomic mass is 10.3. The fourth-order valence-corrected chi connectivity index (χ4v) is 1.42. The van der Waals surface area contributed by atoms with Crippen LogP contribution in [-0.4, -0.2) is 50.6 Å². The summed E-state index contributed by atoms with van der Waals surface area (Å²) in [7, 11) is 5.92. The lowest BCUT2D eigenvalue weighted by molar-refractivity contribution is 0.288. The molecule has 3 nitrogen and oxygen atoms in total. The lowest BCUT2D eigenvalue weighted by Gasteiger charge is -2.22. The van der Waals surface area contributed by atoms with Gasteiger partial charge in [-0.05, 0) is 39.2 Å². The van der Waals surface area contributed by atoms with Gasteiger partial charge < -0.3 is 14.5 Å². The monoisotopic (exact) mass is 196 g/mol. The van der Waals surface area contributed by atoms with E-state index in [-0.39, 0.29) is 0 Å². The number of hydrogen-bond donors (Lipinski definition) is 0. The Morgan fingerprint density at radius 1 is 1.50 bits per heavy atom. The molecule has 0 spiro atoms. The summed E-state index contributed by atoms with van der Waals surface area (Å²) in [4.78, 5) is 4.51. The SMILES string of the molecule is COC1=CCN(CCCN(C)C)C=C1. The van der Waals surface area contributed by atoms with E-state index in [0.29, 0.717) is 0 Å². The first kappa shape index (κ1) is 11.1. The highest BCUT2D eigenvalue weighted by Crippen LogP contribution is 2.07. The van der Waals surface area contributed by atoms with Crippen molar-refractivity contribution in [2.75, 3.05) is 40.8 Å². The van der Waals surface area contributed by atoms with Crippen LogP contribution in [0, 0.1) is 0 Å². The third-order valence-corrected chi connectivity index (χ3v) is 2.26. The van der Waals surface area contributed by atoms with Crippen molar-refractivity contribution in [3.05, 3.63) is 24.1 Å². The quantitative estimate of drug-likeness (QED) is 0.659. The minimum Gasteiger partial charge on any atom is -0.497 e. The molecule has 0 aromatic heterocycles. The van der Waals surface area contributed by atoms with Gasteiger partial charge in [0.15, 0.2) is 0 Å². The molecule has 1 heterocycles. The van der Waals surface area contributed by atoms with E-state index in [2.05, 4.69) is 36.2 Å². The largest absolute Gasteiger partial charge is 0.497 e. The predicted molar refractivity (Wildman–Crippen MR) is 59.0 cm³/mol. The minimum absolute atomic E-state index is 0.965. The highest BCUT2D eigenvalue weighted by atomic mass is 16.5. The molecule has 3 heteroatoms. The topological polar surface area (TPSA) is 15.7 Å². The zero-order chi connectivity index (χ0) is 10.4. The maximum atomic E-state index is 5.12. The number of hydrogen-bond acceptors (Lipinski definition) is 3. The third kappa shape index (κ3) is 3.83. The molecule has 0 saturated carbocycles. The molecule has 0 unspecified atom stereocenters. The summed E-state index contributed by atoms with van der Waals surface area (Å²) in [5.74, 6) is 0.967. The molecule has 80 valence electrons. The van der Waals surface area contributed by atoms with Crippen LogP contribution < -0.4 is 0 Å². The summed E-state index contributed by atoms with van der Waals surface area (Å²) in [5, 5.41) is 0. The second kappa shape index (κ2) is 5.70. The molecular formula is C11H20N2O. The molecule has 14 heavy (non-hydrogen) atoms. The lowest BCUT2D eigenvalue weighted by Crippen LogP contribution is -2.24. The average Bonchev–Trinajstić information content (AvgIpc) is 2.18. The van der Waals surface area contributed by atoms with Crippen molar-refractivity contribution in [2.24, 2.45) is 0 Å². The minimum atomic E-state index is 0.965. The third-order valence-electron chi connectivity index (χ3n) is 2.26. The van der Waals surface area contributed by atoms with E-state index < -0.39 is 0 Å². The Hall–Kier alpha value is -0.960. The van der Waals surface area contributed by atoms with Gasteiger partial charge in [-0.3, -0.25) is 0 Å². The molecule has 0 saturated heterocycles. The van der Waals surface area contributed by atoms with Crippen LogP contribution >= 0.6 is 0 Å². The number of allylic oxidation sites excluding steroid dienone is 1. The normalized spacial score (nSPS) is 16.0. The molecule has 0 fully saturated rings. The molecule has 0 atom stereocenters. The van der Waals surface area contributed by atoms with E-state index in [1.807, 2.05) is 6.08 Å². The summed E-state index contributed by atoms with van der Waals surface area (Å²) < 4.78 is 5.12. The van der Waals surface area contributed by atoms with Crippen molar-refractivity contribution in [1.82, 2.24) is 9.80 Å². The Morgan fingerprint density at radius 3 is 2.79 bits per heavy atom. The molecule has 0 aromatic rings. The molecule has 0 aromatic carbocycles. The van der Waals surface area contributed by atoms with E-state index >= 15 is 0 Å². The molecule has 0 bridgehead atoms. The molecule has 0 N–H and O–H groups in total. The standard InChI is InChI=1S/C11H20N2O/c1-12(2)7-4-8-13-9-5-11(14-3)6-10-13/h5-6,9H,4,7-8,10H2,1-3H3. The summed E-state index contributed by atoms with van der Waals surface area (Å²) in [6.07, 6.45) is 7.43. The van der Waals surface area contributed by atoms with E-state index in [1.54, 1.807) is 7.11 Å². The summed E-state index contributed by atoms with van der Waals surface area (Å²) in [5.41, 5.74) is 0. The molecule has 1 rings (SSSR count). The zero-order valence-electron chi connectivity index (χ0n) is 9.36. The number of rotatable bonds is 5. The Balaban J connectivity index is 2.18. The number of ether oxygens (including phenoxy) is 1. The first-order chi connectivity index (χ1) is 6.72. The van der Waals surface area contributed by atoms with Gasteiger partial charge in [0.05, 0.1) is 7.11 Å². The molecule has 1 aliphatic heterocycles. The first-order valence-corrected chi connectivity index (χ1v) is 5.03. The highest BCUT2D eigenvalue weighted by Gasteiger charge is 2.03. The fraction of sp³-hybridized carbons (Fsp3) is 0.636. The Bertz CT molecular complexity index is 221. The van der Waals surface area contributed by atoms with Gasteiger partial charge in [0.2, 0.25) is 0 Å². The highest BCUT2D eigenvalue weighted by molar-refractivity contribution is 5.16. The van der Waals surface area contributed by atoms with Crippen LogP contribution in [0.25, 0.3) is 0 Å². The van der Waals surface area contributed by atoms with Crippen molar-refractivity contribution < 1.29 is 4.74 Å². The maximum Gasteiger partial charge on any atom is 0.118 e. The Kier molecular flexibility index (Phi) is 4.53. The zero-order valence-corrected chi connectivity index (χ0v) is 9.36. The Morgan fingerprint density at radius 2 is 2.29 bits per heavy atom. The van der Waals surface area contributed by atoms with E-state index in [0.717, 1.165) is 25.4 Å². The van der Waals surface area contributed by atoms with Gasteiger partial charge >= 0.3 is 0 Å². The maximum absolute atomic E-state index is 5.12. The van der Waals surface area contributed by atoms with Crippen molar-refractivity contribution in [3.63, 3.8) is 0 Å². The van der Waals surface area contributed by atoms with E-state index in [1.165, 1.54) is 6.42 Å². The molecule has 0 radical (unpaired) electrons. The molecule has 0 amide bonds. The van der Waals surface area contributed by atoms with Gasteiger partial charge in [-0.15, -0.1) is 0 Å². The smallest absolute Gasteiger partial charge is 0.118 e. The molecule has 0 aliphatic carbocycles.